The molecule has 6 heteroatoms. The first kappa shape index (κ1) is 15.7. The van der Waals surface area contributed by atoms with Crippen molar-refractivity contribution in [1.82, 2.24) is 9.78 Å². The summed E-state index contributed by atoms with van der Waals surface area (Å²) in [4.78, 5) is 17.4. The number of fused-ring (bicyclic) bond motifs is 4. The maximum absolute atomic E-state index is 13.1. The molecule has 2 aliphatic heterocycles. The highest BCUT2D eigenvalue weighted by molar-refractivity contribution is 7.18. The molecule has 0 saturated carbocycles. The number of hydrogen-bond donors (Lipinski definition) is 0. The van der Waals surface area contributed by atoms with Crippen LogP contribution >= 0.6 is 11.3 Å². The summed E-state index contributed by atoms with van der Waals surface area (Å²) in [5.41, 5.74) is 2.77. The summed E-state index contributed by atoms with van der Waals surface area (Å²) in [6.45, 7) is 4.32. The predicted octanol–water partition coefficient (Wildman–Crippen LogP) is 2.11. The van der Waals surface area contributed by atoms with Crippen molar-refractivity contribution >= 4 is 27.8 Å². The van der Waals surface area contributed by atoms with Gasteiger partial charge in [0.1, 0.15) is 6.54 Å². The molecule has 2 aromatic heterocycles. The Bertz CT molecular complexity index is 933. The van der Waals surface area contributed by atoms with E-state index >= 15 is 0 Å². The second-order valence-electron chi connectivity index (χ2n) is 8.24. The number of nitrogens with zero attached hydrogens (tertiary/aromatic N) is 4. The fraction of sp³-hybridized carbons (Fsp3) is 0.632. The van der Waals surface area contributed by atoms with Gasteiger partial charge in [0.05, 0.1) is 37.3 Å². The minimum Gasteiger partial charge on any atom is -0.322 e. The van der Waals surface area contributed by atoms with Crippen molar-refractivity contribution in [2.24, 2.45) is 0 Å². The summed E-state index contributed by atoms with van der Waals surface area (Å²) in [5, 5.41) is 5.72. The van der Waals surface area contributed by atoms with E-state index in [1.807, 2.05) is 4.80 Å². The third-order valence-corrected chi connectivity index (χ3v) is 7.34. The zero-order valence-corrected chi connectivity index (χ0v) is 15.8. The minimum atomic E-state index is 0.140. The number of hydrogen-bond acceptors (Lipinski definition) is 3. The van der Waals surface area contributed by atoms with Crippen LogP contribution in [0.5, 0.6) is 0 Å². The topological polar surface area (TPSA) is 38.8 Å². The minimum absolute atomic E-state index is 0.140. The standard InChI is InChI=1S/C19H26N4OS/c1-23(9-5-2-6-10-23)13-14-11-21-19(24)17-15-7-3-4-8-16(15)25-18(17)20-22(21)12-14/h11H,2-10,12-13H2,1H3/q+2. The Morgan fingerprint density at radius 1 is 1.20 bits per heavy atom. The van der Waals surface area contributed by atoms with E-state index in [1.165, 1.54) is 61.2 Å². The molecule has 132 valence electrons. The average Bonchev–Trinajstić information content (AvgIpc) is 3.16. The monoisotopic (exact) mass is 358 g/mol. The van der Waals surface area contributed by atoms with Crippen molar-refractivity contribution in [2.45, 2.75) is 51.5 Å². The maximum atomic E-state index is 13.1. The van der Waals surface area contributed by atoms with E-state index < -0.39 is 0 Å². The zero-order chi connectivity index (χ0) is 17.0. The Morgan fingerprint density at radius 3 is 2.84 bits per heavy atom. The molecule has 0 aromatic carbocycles. The van der Waals surface area contributed by atoms with Crippen molar-refractivity contribution in [3.63, 3.8) is 0 Å². The Morgan fingerprint density at radius 2 is 2.00 bits per heavy atom. The third-order valence-electron chi connectivity index (χ3n) is 6.16. The van der Waals surface area contributed by atoms with Crippen LogP contribution in [0.15, 0.2) is 10.4 Å². The fourth-order valence-electron chi connectivity index (χ4n) is 4.86. The molecule has 0 radical (unpaired) electrons. The largest absolute Gasteiger partial charge is 0.322 e. The second kappa shape index (κ2) is 5.74. The number of likely N-dealkylation sites (N-methyl/N-ethyl adjacent to an activating group) is 1. The smallest absolute Gasteiger partial charge is 0.319 e. The van der Waals surface area contributed by atoms with Crippen LogP contribution in [0.25, 0.3) is 16.4 Å². The van der Waals surface area contributed by atoms with Gasteiger partial charge in [-0.15, -0.1) is 11.3 Å². The van der Waals surface area contributed by atoms with E-state index in [0.717, 1.165) is 40.6 Å². The van der Waals surface area contributed by atoms with Crippen molar-refractivity contribution in [2.75, 3.05) is 26.7 Å². The Hall–Kier alpha value is -1.53. The van der Waals surface area contributed by atoms with Crippen LogP contribution in [0.2, 0.25) is 0 Å². The molecule has 5 rings (SSSR count). The Kier molecular flexibility index (Phi) is 3.61. The van der Waals surface area contributed by atoms with E-state index in [4.69, 9.17) is 5.10 Å². The highest BCUT2D eigenvalue weighted by atomic mass is 32.1. The van der Waals surface area contributed by atoms with E-state index in [1.54, 1.807) is 16.0 Å². The SMILES string of the molecule is C[N+]1(CC2=Cn3c(=O)c4c5c(sc4n[n+]3C2)CCCC5)CCCCC1. The number of thiophene rings is 1. The van der Waals surface area contributed by atoms with Gasteiger partial charge in [-0.25, -0.2) is 0 Å². The molecule has 0 unspecified atom stereocenters. The molecule has 2 aromatic rings. The Balaban J connectivity index is 1.53. The van der Waals surface area contributed by atoms with Crippen LogP contribution in [-0.4, -0.2) is 40.9 Å². The van der Waals surface area contributed by atoms with Crippen molar-refractivity contribution < 1.29 is 9.28 Å². The number of rotatable bonds is 2. The van der Waals surface area contributed by atoms with Gasteiger partial charge in [-0.2, -0.15) is 0 Å². The lowest BCUT2D eigenvalue weighted by Gasteiger charge is -2.37. The lowest BCUT2D eigenvalue weighted by molar-refractivity contribution is -0.911. The number of likely N-dealkylation sites (tertiary alicyclic amines) is 1. The van der Waals surface area contributed by atoms with Gasteiger partial charge in [0.25, 0.3) is 0 Å². The molecule has 0 N–H and O–H groups in total. The maximum Gasteiger partial charge on any atom is 0.319 e. The molecule has 25 heavy (non-hydrogen) atoms. The number of aromatic nitrogens is 3. The van der Waals surface area contributed by atoms with E-state index in [2.05, 4.69) is 13.2 Å². The van der Waals surface area contributed by atoms with Gasteiger partial charge in [0.15, 0.2) is 4.83 Å². The summed E-state index contributed by atoms with van der Waals surface area (Å²) in [7, 11) is 2.36. The summed E-state index contributed by atoms with van der Waals surface area (Å²) < 4.78 is 2.88. The molecular formula is C19H26N4OS+2. The van der Waals surface area contributed by atoms with E-state index in [-0.39, 0.29) is 5.56 Å². The summed E-state index contributed by atoms with van der Waals surface area (Å²) >= 11 is 1.74. The quantitative estimate of drug-likeness (QED) is 0.609. The normalized spacial score (nSPS) is 21.9. The summed E-state index contributed by atoms with van der Waals surface area (Å²) in [6.07, 6.45) is 10.7. The molecule has 0 amide bonds. The highest BCUT2D eigenvalue weighted by Gasteiger charge is 2.33. The molecule has 4 heterocycles. The van der Waals surface area contributed by atoms with E-state index in [0.29, 0.717) is 0 Å². The van der Waals surface area contributed by atoms with Gasteiger partial charge >= 0.3 is 5.56 Å². The number of aryl methyl sites for hydroxylation is 2. The molecule has 1 saturated heterocycles. The molecule has 0 atom stereocenters. The van der Waals surface area contributed by atoms with Crippen LogP contribution in [0.3, 0.4) is 0 Å². The fourth-order valence-corrected chi connectivity index (χ4v) is 6.12. The first-order chi connectivity index (χ1) is 12.1. The third kappa shape index (κ3) is 2.57. The van der Waals surface area contributed by atoms with Gasteiger partial charge in [0, 0.05) is 14.8 Å². The molecule has 3 aliphatic rings. The molecule has 5 nitrogen and oxygen atoms in total. The lowest BCUT2D eigenvalue weighted by atomic mass is 9.97. The van der Waals surface area contributed by atoms with Crippen molar-refractivity contribution in [1.29, 1.82) is 0 Å². The molecule has 0 spiro atoms. The highest BCUT2D eigenvalue weighted by Crippen LogP contribution is 2.33. The van der Waals surface area contributed by atoms with Crippen LogP contribution < -0.4 is 10.4 Å². The first-order valence-corrected chi connectivity index (χ1v) is 10.4. The van der Waals surface area contributed by atoms with Gasteiger partial charge in [-0.1, -0.05) is 4.68 Å². The number of piperidine rings is 1. The number of quaternary nitrogens is 1. The predicted molar refractivity (Wildman–Crippen MR) is 99.6 cm³/mol. The average molecular weight is 359 g/mol. The molecular weight excluding hydrogens is 332 g/mol. The summed E-state index contributed by atoms with van der Waals surface area (Å²) in [6, 6.07) is 0. The second-order valence-corrected chi connectivity index (χ2v) is 9.33. The van der Waals surface area contributed by atoms with Gasteiger partial charge < -0.3 is 4.48 Å². The molecule has 1 aliphatic carbocycles. The van der Waals surface area contributed by atoms with Gasteiger partial charge in [-0.05, 0) is 50.5 Å². The van der Waals surface area contributed by atoms with Gasteiger partial charge in [-0.3, -0.25) is 4.79 Å². The van der Waals surface area contributed by atoms with Gasteiger partial charge in [0.2, 0.25) is 6.54 Å². The van der Waals surface area contributed by atoms with E-state index in [9.17, 15) is 4.79 Å². The van der Waals surface area contributed by atoms with Crippen molar-refractivity contribution in [3.05, 3.63) is 26.4 Å². The van der Waals surface area contributed by atoms with Crippen molar-refractivity contribution in [3.8, 4) is 0 Å². The van der Waals surface area contributed by atoms with Crippen LogP contribution in [0, 0.1) is 0 Å². The molecule has 0 bridgehead atoms. The lowest BCUT2D eigenvalue weighted by Crippen LogP contribution is -2.52. The zero-order valence-electron chi connectivity index (χ0n) is 15.0. The van der Waals surface area contributed by atoms with Crippen LogP contribution in [0.4, 0.5) is 0 Å². The van der Waals surface area contributed by atoms with Crippen LogP contribution in [0.1, 0.15) is 42.5 Å². The summed E-state index contributed by atoms with van der Waals surface area (Å²) in [5.74, 6) is 0. The van der Waals surface area contributed by atoms with Crippen LogP contribution in [-0.2, 0) is 19.4 Å². The Labute approximate surface area is 151 Å². The first-order valence-electron chi connectivity index (χ1n) is 9.63. The molecule has 1 fully saturated rings.